The molecule has 2 aromatic carbocycles. The molecule has 2 fully saturated rings. The van der Waals surface area contributed by atoms with E-state index in [4.69, 9.17) is 4.74 Å². The molecule has 2 atom stereocenters. The lowest BCUT2D eigenvalue weighted by molar-refractivity contribution is -0.119. The lowest BCUT2D eigenvalue weighted by atomic mass is 10.1. The molecule has 2 aromatic rings. The van der Waals surface area contributed by atoms with Crippen molar-refractivity contribution in [2.45, 2.75) is 32.0 Å². The summed E-state index contributed by atoms with van der Waals surface area (Å²) in [7, 11) is 0. The zero-order valence-electron chi connectivity index (χ0n) is 14.2. The third-order valence-corrected chi connectivity index (χ3v) is 4.97. The van der Waals surface area contributed by atoms with Gasteiger partial charge in [0.25, 0.3) is 0 Å². The summed E-state index contributed by atoms with van der Waals surface area (Å²) in [5, 5.41) is 0. The monoisotopic (exact) mass is 340 g/mol. The molecule has 5 heteroatoms. The molecule has 2 saturated heterocycles. The third kappa shape index (κ3) is 2.78. The van der Waals surface area contributed by atoms with Crippen molar-refractivity contribution in [3.63, 3.8) is 0 Å². The van der Waals surface area contributed by atoms with E-state index in [0.29, 0.717) is 6.61 Å². The molecule has 4 nitrogen and oxygen atoms in total. The number of carbonyl (C=O) groups is 1. The number of nitrogens with zero attached hydrogens (tertiary/aromatic N) is 2. The number of anilines is 1. The molecule has 0 aromatic heterocycles. The Bertz CT molecular complexity index is 760. The van der Waals surface area contributed by atoms with Gasteiger partial charge in [-0.05, 0) is 61.7 Å². The van der Waals surface area contributed by atoms with Crippen molar-refractivity contribution in [1.82, 2.24) is 4.90 Å². The quantitative estimate of drug-likeness (QED) is 0.850. The van der Waals surface area contributed by atoms with Crippen LogP contribution in [-0.4, -0.2) is 30.0 Å². The van der Waals surface area contributed by atoms with Gasteiger partial charge in [0.1, 0.15) is 17.7 Å². The number of carbonyl (C=O) groups excluding carboxylic acids is 1. The maximum absolute atomic E-state index is 13.3. The zero-order chi connectivity index (χ0) is 17.4. The maximum atomic E-state index is 13.3. The van der Waals surface area contributed by atoms with Crippen molar-refractivity contribution in [1.29, 1.82) is 0 Å². The first-order valence-corrected chi connectivity index (χ1v) is 8.76. The second kappa shape index (κ2) is 6.48. The van der Waals surface area contributed by atoms with Crippen molar-refractivity contribution < 1.29 is 13.9 Å². The predicted octanol–water partition coefficient (Wildman–Crippen LogP) is 3.73. The van der Waals surface area contributed by atoms with E-state index in [9.17, 15) is 9.18 Å². The maximum Gasteiger partial charge on any atom is 0.246 e. The average molecular weight is 340 g/mol. The molecule has 2 aliphatic heterocycles. The van der Waals surface area contributed by atoms with E-state index >= 15 is 0 Å². The first-order valence-electron chi connectivity index (χ1n) is 8.76. The SMILES string of the molecule is CCOc1ccc([C@H]2N(c3ccc(F)cc3)C(=O)[C@@H]3CCCN32)cc1. The van der Waals surface area contributed by atoms with Crippen LogP contribution in [0.3, 0.4) is 0 Å². The topological polar surface area (TPSA) is 32.8 Å². The number of rotatable bonds is 4. The first-order chi connectivity index (χ1) is 12.2. The van der Waals surface area contributed by atoms with Gasteiger partial charge in [-0.2, -0.15) is 0 Å². The van der Waals surface area contributed by atoms with Gasteiger partial charge in [0.15, 0.2) is 0 Å². The Labute approximate surface area is 146 Å². The Morgan fingerprint density at radius 3 is 2.52 bits per heavy atom. The van der Waals surface area contributed by atoms with Gasteiger partial charge in [0.05, 0.1) is 12.6 Å². The highest BCUT2D eigenvalue weighted by molar-refractivity contribution is 6.00. The van der Waals surface area contributed by atoms with E-state index in [2.05, 4.69) is 4.90 Å². The van der Waals surface area contributed by atoms with Crippen LogP contribution in [-0.2, 0) is 4.79 Å². The Kier molecular flexibility index (Phi) is 4.17. The van der Waals surface area contributed by atoms with Crippen LogP contribution in [0.4, 0.5) is 10.1 Å². The summed E-state index contributed by atoms with van der Waals surface area (Å²) in [6, 6.07) is 14.0. The van der Waals surface area contributed by atoms with Crippen LogP contribution >= 0.6 is 0 Å². The van der Waals surface area contributed by atoms with Crippen LogP contribution in [0.15, 0.2) is 48.5 Å². The van der Waals surface area contributed by atoms with Crippen LogP contribution < -0.4 is 9.64 Å². The summed E-state index contributed by atoms with van der Waals surface area (Å²) < 4.78 is 18.8. The van der Waals surface area contributed by atoms with Crippen LogP contribution in [0.1, 0.15) is 31.5 Å². The summed E-state index contributed by atoms with van der Waals surface area (Å²) in [6.45, 7) is 3.47. The molecule has 0 bridgehead atoms. The molecule has 2 heterocycles. The molecule has 0 radical (unpaired) electrons. The molecule has 0 N–H and O–H groups in total. The molecule has 1 amide bonds. The van der Waals surface area contributed by atoms with Gasteiger partial charge in [-0.3, -0.25) is 14.6 Å². The van der Waals surface area contributed by atoms with Gasteiger partial charge in [-0.15, -0.1) is 0 Å². The van der Waals surface area contributed by atoms with Crippen LogP contribution in [0.25, 0.3) is 0 Å². The number of amides is 1. The fourth-order valence-corrected chi connectivity index (χ4v) is 3.89. The summed E-state index contributed by atoms with van der Waals surface area (Å²) in [6.07, 6.45) is 1.76. The summed E-state index contributed by atoms with van der Waals surface area (Å²) in [5.74, 6) is 0.624. The normalized spacial score (nSPS) is 23.1. The van der Waals surface area contributed by atoms with Crippen LogP contribution in [0.5, 0.6) is 5.75 Å². The second-order valence-electron chi connectivity index (χ2n) is 6.46. The van der Waals surface area contributed by atoms with Crippen molar-refractivity contribution in [2.75, 3.05) is 18.1 Å². The Morgan fingerprint density at radius 2 is 1.84 bits per heavy atom. The molecule has 0 saturated carbocycles. The summed E-state index contributed by atoms with van der Waals surface area (Å²) >= 11 is 0. The molecule has 0 aliphatic carbocycles. The number of hydrogen-bond acceptors (Lipinski definition) is 3. The fourth-order valence-electron chi connectivity index (χ4n) is 3.89. The van der Waals surface area contributed by atoms with E-state index < -0.39 is 0 Å². The summed E-state index contributed by atoms with van der Waals surface area (Å²) in [5.41, 5.74) is 1.78. The Hall–Kier alpha value is -2.40. The number of hydrogen-bond donors (Lipinski definition) is 0. The standard InChI is InChI=1S/C20H21FN2O2/c1-2-25-17-11-5-14(6-12-17)19-22-13-3-4-18(22)20(24)23(19)16-9-7-15(21)8-10-16/h5-12,18-19H,2-4,13H2,1H3/t18-,19+/m0/s1. The number of ether oxygens (including phenoxy) is 1. The van der Waals surface area contributed by atoms with E-state index in [1.54, 1.807) is 17.0 Å². The minimum atomic E-state index is -0.298. The zero-order valence-corrected chi connectivity index (χ0v) is 14.2. The summed E-state index contributed by atoms with van der Waals surface area (Å²) in [4.78, 5) is 17.0. The first kappa shape index (κ1) is 16.1. The highest BCUT2D eigenvalue weighted by atomic mass is 19.1. The third-order valence-electron chi connectivity index (χ3n) is 4.97. The molecule has 4 rings (SSSR count). The fraction of sp³-hybridized carbons (Fsp3) is 0.350. The van der Waals surface area contributed by atoms with Crippen molar-refractivity contribution in [3.05, 3.63) is 59.9 Å². The van der Waals surface area contributed by atoms with Crippen molar-refractivity contribution in [3.8, 4) is 5.75 Å². The van der Waals surface area contributed by atoms with E-state index in [1.165, 1.54) is 12.1 Å². The van der Waals surface area contributed by atoms with Gasteiger partial charge in [-0.1, -0.05) is 12.1 Å². The predicted molar refractivity (Wildman–Crippen MR) is 94.0 cm³/mol. The van der Waals surface area contributed by atoms with Gasteiger partial charge < -0.3 is 4.74 Å². The smallest absolute Gasteiger partial charge is 0.246 e. The average Bonchev–Trinajstić information content (AvgIpc) is 3.19. The minimum Gasteiger partial charge on any atom is -0.494 e. The molecular weight excluding hydrogens is 319 g/mol. The van der Waals surface area contributed by atoms with Gasteiger partial charge >= 0.3 is 0 Å². The largest absolute Gasteiger partial charge is 0.494 e. The van der Waals surface area contributed by atoms with E-state index in [-0.39, 0.29) is 23.9 Å². The second-order valence-corrected chi connectivity index (χ2v) is 6.46. The minimum absolute atomic E-state index is 0.0818. The van der Waals surface area contributed by atoms with E-state index in [1.807, 2.05) is 31.2 Å². The number of fused-ring (bicyclic) bond motifs is 1. The molecule has 130 valence electrons. The van der Waals surface area contributed by atoms with Crippen LogP contribution in [0.2, 0.25) is 0 Å². The molecule has 0 unspecified atom stereocenters. The molecule has 2 aliphatic rings. The molecular formula is C20H21FN2O2. The lowest BCUT2D eigenvalue weighted by Gasteiger charge is -2.30. The number of halogens is 1. The van der Waals surface area contributed by atoms with E-state index in [0.717, 1.165) is 36.4 Å². The van der Waals surface area contributed by atoms with Gasteiger partial charge in [0, 0.05) is 12.2 Å². The van der Waals surface area contributed by atoms with Gasteiger partial charge in [-0.25, -0.2) is 4.39 Å². The Morgan fingerprint density at radius 1 is 1.12 bits per heavy atom. The molecule has 25 heavy (non-hydrogen) atoms. The van der Waals surface area contributed by atoms with Crippen molar-refractivity contribution in [2.24, 2.45) is 0 Å². The van der Waals surface area contributed by atoms with Crippen molar-refractivity contribution >= 4 is 11.6 Å². The van der Waals surface area contributed by atoms with Crippen LogP contribution in [0, 0.1) is 5.82 Å². The molecule has 0 spiro atoms. The van der Waals surface area contributed by atoms with Gasteiger partial charge in [0.2, 0.25) is 5.91 Å². The number of benzene rings is 2. The highest BCUT2D eigenvalue weighted by Crippen LogP contribution is 2.42. The Balaban J connectivity index is 1.72. The highest BCUT2D eigenvalue weighted by Gasteiger charge is 2.49. The lowest BCUT2D eigenvalue weighted by Crippen LogP contribution is -2.32.